The lowest BCUT2D eigenvalue weighted by Crippen LogP contribution is -2.34. The lowest BCUT2D eigenvalue weighted by molar-refractivity contribution is -0.136. The Morgan fingerprint density at radius 1 is 1.06 bits per heavy atom. The number of benzene rings is 2. The monoisotopic (exact) mass is 465 g/mol. The summed E-state index contributed by atoms with van der Waals surface area (Å²) < 4.78 is 45.9. The average Bonchev–Trinajstić information content (AvgIpc) is 3.28. The van der Waals surface area contributed by atoms with Crippen LogP contribution in [0, 0.1) is 0 Å². The minimum atomic E-state index is -4.78. The molecule has 1 unspecified atom stereocenters. The first-order valence-electron chi connectivity index (χ1n) is 9.42. The Morgan fingerprint density at radius 3 is 2.41 bits per heavy atom. The molecule has 0 aliphatic rings. The molecule has 0 aliphatic carbocycles. The molecule has 0 radical (unpaired) electrons. The Balaban J connectivity index is 1.81. The number of urea groups is 1. The summed E-state index contributed by atoms with van der Waals surface area (Å²) in [6.45, 7) is 1.71. The van der Waals surface area contributed by atoms with E-state index in [1.54, 1.807) is 31.2 Å². The van der Waals surface area contributed by atoms with Crippen LogP contribution >= 0.6 is 11.6 Å². The molecule has 3 amide bonds. The van der Waals surface area contributed by atoms with Gasteiger partial charge in [-0.3, -0.25) is 4.79 Å². The van der Waals surface area contributed by atoms with Crippen molar-refractivity contribution in [2.45, 2.75) is 19.1 Å². The van der Waals surface area contributed by atoms with E-state index in [2.05, 4.69) is 10.6 Å². The molecule has 1 aromatic heterocycles. The Kier molecular flexibility index (Phi) is 6.78. The molecule has 0 saturated carbocycles. The Labute approximate surface area is 187 Å². The van der Waals surface area contributed by atoms with Crippen LogP contribution < -0.4 is 10.6 Å². The normalized spacial score (nSPS) is 12.2. The van der Waals surface area contributed by atoms with Crippen molar-refractivity contribution in [2.24, 2.45) is 0 Å². The fourth-order valence-corrected chi connectivity index (χ4v) is 3.26. The van der Waals surface area contributed by atoms with Crippen molar-refractivity contribution in [3.63, 3.8) is 0 Å². The fourth-order valence-electron chi connectivity index (χ4n) is 2.97. The highest BCUT2D eigenvalue weighted by atomic mass is 35.5. The number of hydrogen-bond acceptors (Lipinski definition) is 3. The number of furan rings is 1. The van der Waals surface area contributed by atoms with E-state index >= 15 is 0 Å². The van der Waals surface area contributed by atoms with Gasteiger partial charge in [-0.05, 0) is 48.9 Å². The van der Waals surface area contributed by atoms with Crippen LogP contribution in [0.15, 0.2) is 65.3 Å². The maximum Gasteiger partial charge on any atom is 0.418 e. The minimum Gasteiger partial charge on any atom is -0.459 e. The topological polar surface area (TPSA) is 74.6 Å². The van der Waals surface area contributed by atoms with Crippen molar-refractivity contribution >= 4 is 34.9 Å². The van der Waals surface area contributed by atoms with E-state index in [0.717, 1.165) is 12.1 Å². The third kappa shape index (κ3) is 5.23. The van der Waals surface area contributed by atoms with E-state index in [1.807, 2.05) is 0 Å². The Morgan fingerprint density at radius 2 is 1.78 bits per heavy atom. The predicted molar refractivity (Wildman–Crippen MR) is 115 cm³/mol. The number of hydrogen-bond donors (Lipinski definition) is 2. The lowest BCUT2D eigenvalue weighted by Gasteiger charge is -2.27. The third-order valence-corrected chi connectivity index (χ3v) is 5.17. The molecule has 1 atom stereocenters. The second-order valence-corrected chi connectivity index (χ2v) is 7.34. The van der Waals surface area contributed by atoms with Crippen molar-refractivity contribution in [3.8, 4) is 0 Å². The Hall–Kier alpha value is -3.46. The summed E-state index contributed by atoms with van der Waals surface area (Å²) in [7, 11) is 1.45. The molecular formula is C22H19ClF3N3O3. The van der Waals surface area contributed by atoms with Crippen LogP contribution in [0.4, 0.5) is 29.3 Å². The number of nitrogens with zero attached hydrogens (tertiary/aromatic N) is 1. The van der Waals surface area contributed by atoms with E-state index < -0.39 is 35.4 Å². The van der Waals surface area contributed by atoms with Gasteiger partial charge in [0.05, 0.1) is 23.6 Å². The zero-order chi connectivity index (χ0) is 23.5. The van der Waals surface area contributed by atoms with Gasteiger partial charge in [-0.15, -0.1) is 0 Å². The van der Waals surface area contributed by atoms with Gasteiger partial charge in [0.15, 0.2) is 5.76 Å². The van der Waals surface area contributed by atoms with Crippen LogP contribution in [0.5, 0.6) is 0 Å². The molecule has 3 aromatic rings. The number of carbonyl (C=O) groups excluding carboxylic acids is 2. The highest BCUT2D eigenvalue weighted by molar-refractivity contribution is 6.31. The van der Waals surface area contributed by atoms with Crippen LogP contribution in [-0.4, -0.2) is 23.9 Å². The number of rotatable bonds is 5. The average molecular weight is 466 g/mol. The number of halogens is 4. The molecule has 6 nitrogen and oxygen atoms in total. The highest BCUT2D eigenvalue weighted by Crippen LogP contribution is 2.37. The van der Waals surface area contributed by atoms with E-state index in [9.17, 15) is 22.8 Å². The van der Waals surface area contributed by atoms with Gasteiger partial charge in [0, 0.05) is 17.8 Å². The first-order chi connectivity index (χ1) is 15.1. The Bertz CT molecular complexity index is 1120. The number of amides is 3. The molecule has 2 aromatic carbocycles. The smallest absolute Gasteiger partial charge is 0.418 e. The zero-order valence-corrected chi connectivity index (χ0v) is 17.8. The zero-order valence-electron chi connectivity index (χ0n) is 17.0. The van der Waals surface area contributed by atoms with Crippen molar-refractivity contribution in [1.82, 2.24) is 4.90 Å². The predicted octanol–water partition coefficient (Wildman–Crippen LogP) is 6.43. The van der Waals surface area contributed by atoms with Gasteiger partial charge in [0.25, 0.3) is 5.91 Å². The van der Waals surface area contributed by atoms with Crippen LogP contribution in [-0.2, 0) is 6.18 Å². The SMILES string of the molecule is CC(c1ccccc1Cl)N(C)C(=O)Nc1ccc(NC(=O)c2ccco2)cc1C(F)(F)F. The highest BCUT2D eigenvalue weighted by Gasteiger charge is 2.35. The van der Waals surface area contributed by atoms with Gasteiger partial charge in [-0.1, -0.05) is 29.8 Å². The van der Waals surface area contributed by atoms with Crippen LogP contribution in [0.3, 0.4) is 0 Å². The molecule has 0 fully saturated rings. The van der Waals surface area contributed by atoms with E-state index in [1.165, 1.54) is 36.4 Å². The first-order valence-corrected chi connectivity index (χ1v) is 9.80. The minimum absolute atomic E-state index is 0.0499. The maximum absolute atomic E-state index is 13.7. The summed E-state index contributed by atoms with van der Waals surface area (Å²) in [6.07, 6.45) is -3.50. The second kappa shape index (κ2) is 9.35. The van der Waals surface area contributed by atoms with Crippen molar-refractivity contribution in [2.75, 3.05) is 17.7 Å². The second-order valence-electron chi connectivity index (χ2n) is 6.93. The summed E-state index contributed by atoms with van der Waals surface area (Å²) in [5, 5.41) is 5.06. The van der Waals surface area contributed by atoms with Gasteiger partial charge in [-0.2, -0.15) is 13.2 Å². The van der Waals surface area contributed by atoms with Gasteiger partial charge < -0.3 is 20.0 Å². The largest absolute Gasteiger partial charge is 0.459 e. The van der Waals surface area contributed by atoms with Crippen molar-refractivity contribution < 1.29 is 27.2 Å². The van der Waals surface area contributed by atoms with E-state index in [-0.39, 0.29) is 11.4 Å². The number of nitrogens with one attached hydrogen (secondary N) is 2. The van der Waals surface area contributed by atoms with Crippen LogP contribution in [0.2, 0.25) is 5.02 Å². The summed E-state index contributed by atoms with van der Waals surface area (Å²) in [4.78, 5) is 26.0. The fraction of sp³-hybridized carbons (Fsp3) is 0.182. The summed E-state index contributed by atoms with van der Waals surface area (Å²) >= 11 is 6.16. The molecular weight excluding hydrogens is 447 g/mol. The number of anilines is 2. The van der Waals surface area contributed by atoms with E-state index in [4.69, 9.17) is 16.0 Å². The molecule has 0 saturated heterocycles. The molecule has 32 heavy (non-hydrogen) atoms. The van der Waals surface area contributed by atoms with Crippen LogP contribution in [0.1, 0.15) is 34.6 Å². The summed E-state index contributed by atoms with van der Waals surface area (Å²) in [5.74, 6) is -0.751. The quantitative estimate of drug-likeness (QED) is 0.456. The van der Waals surface area contributed by atoms with Gasteiger partial charge in [0.1, 0.15) is 0 Å². The van der Waals surface area contributed by atoms with Crippen LogP contribution in [0.25, 0.3) is 0 Å². The maximum atomic E-state index is 13.7. The van der Waals surface area contributed by atoms with Crippen molar-refractivity contribution in [3.05, 3.63) is 82.8 Å². The summed E-state index contributed by atoms with van der Waals surface area (Å²) in [5.41, 5.74) is -1.01. The van der Waals surface area contributed by atoms with Gasteiger partial charge in [0.2, 0.25) is 0 Å². The first kappa shape index (κ1) is 23.2. The molecule has 10 heteroatoms. The molecule has 1 heterocycles. The number of carbonyl (C=O) groups is 2. The van der Waals surface area contributed by atoms with Gasteiger partial charge >= 0.3 is 12.2 Å². The standard InChI is InChI=1S/C22H19ClF3N3O3/c1-13(15-6-3-4-7-17(15)23)29(2)21(31)28-18-10-9-14(12-16(18)22(24,25)26)27-20(30)19-8-5-11-32-19/h3-13H,1-2H3,(H,27,30)(H,28,31). The molecule has 3 rings (SSSR count). The van der Waals surface area contributed by atoms with Gasteiger partial charge in [-0.25, -0.2) is 4.79 Å². The van der Waals surface area contributed by atoms with E-state index in [0.29, 0.717) is 10.6 Å². The lowest BCUT2D eigenvalue weighted by atomic mass is 10.1. The molecule has 0 aliphatic heterocycles. The third-order valence-electron chi connectivity index (χ3n) is 4.83. The molecule has 2 N–H and O–H groups in total. The summed E-state index contributed by atoms with van der Waals surface area (Å²) in [6, 6.07) is 11.6. The molecule has 168 valence electrons. The van der Waals surface area contributed by atoms with Crippen molar-refractivity contribution in [1.29, 1.82) is 0 Å². The molecule has 0 spiro atoms. The molecule has 0 bridgehead atoms. The number of alkyl halides is 3.